The van der Waals surface area contributed by atoms with Gasteiger partial charge in [-0.1, -0.05) is 47.0 Å². The molecular weight excluding hydrogens is 346 g/mol. The highest BCUT2D eigenvalue weighted by Crippen LogP contribution is 2.39. The van der Waals surface area contributed by atoms with Crippen LogP contribution in [0.1, 0.15) is 24.5 Å². The van der Waals surface area contributed by atoms with Gasteiger partial charge >= 0.3 is 6.55 Å². The fourth-order valence-corrected chi connectivity index (χ4v) is 4.77. The first kappa shape index (κ1) is 15.7. The van der Waals surface area contributed by atoms with Gasteiger partial charge in [0.2, 0.25) is 0 Å². The zero-order chi connectivity index (χ0) is 15.7. The Bertz CT molecular complexity index is 787. The van der Waals surface area contributed by atoms with Gasteiger partial charge in [0, 0.05) is 0 Å². The number of rotatable bonds is 5. The molecule has 3 aromatic rings. The minimum Gasteiger partial charge on any atom is -0.269 e. The molecule has 0 amide bonds. The number of fused-ring (bicyclic) bond motifs is 1. The van der Waals surface area contributed by atoms with Crippen molar-refractivity contribution in [2.24, 2.45) is 0 Å². The Morgan fingerprint density at radius 2 is 1.91 bits per heavy atom. The van der Waals surface area contributed by atoms with Crippen LogP contribution in [0.25, 0.3) is 11.0 Å². The molecule has 0 unspecified atom stereocenters. The van der Waals surface area contributed by atoms with Crippen LogP contribution in [0.4, 0.5) is 8.78 Å². The van der Waals surface area contributed by atoms with Gasteiger partial charge in [-0.25, -0.2) is 4.98 Å². The molecule has 0 radical (unpaired) electrons. The first-order valence-electron chi connectivity index (χ1n) is 6.39. The average molecular weight is 358 g/mol. The van der Waals surface area contributed by atoms with Gasteiger partial charge in [-0.15, -0.1) is 10.2 Å². The molecule has 0 bridgehead atoms. The summed E-state index contributed by atoms with van der Waals surface area (Å²) in [7, 11) is 0. The van der Waals surface area contributed by atoms with Gasteiger partial charge in [-0.2, -0.15) is 8.78 Å². The van der Waals surface area contributed by atoms with Crippen molar-refractivity contribution in [1.82, 2.24) is 19.7 Å². The van der Waals surface area contributed by atoms with Crippen molar-refractivity contribution < 1.29 is 8.78 Å². The predicted molar refractivity (Wildman–Crippen MR) is 86.9 cm³/mol. The summed E-state index contributed by atoms with van der Waals surface area (Å²) in [6.45, 7) is -0.771. The molecule has 9 heteroatoms. The monoisotopic (exact) mass is 358 g/mol. The number of imidazole rings is 1. The summed E-state index contributed by atoms with van der Waals surface area (Å²) >= 11 is 4.37. The maximum atomic E-state index is 13.4. The molecular formula is C13H12F2N4S3. The number of thioether (sulfide) groups is 2. The number of alkyl halides is 2. The first-order chi connectivity index (χ1) is 10.6. The highest BCUT2D eigenvalue weighted by atomic mass is 32.2. The van der Waals surface area contributed by atoms with Crippen LogP contribution in [0, 0.1) is 0 Å². The second-order valence-corrected chi connectivity index (χ2v) is 8.02. The third kappa shape index (κ3) is 2.97. The van der Waals surface area contributed by atoms with Crippen molar-refractivity contribution >= 4 is 45.9 Å². The molecule has 0 aliphatic carbocycles. The Balaban J connectivity index is 1.96. The van der Waals surface area contributed by atoms with Crippen LogP contribution in [-0.4, -0.2) is 26.0 Å². The highest BCUT2D eigenvalue weighted by molar-refractivity contribution is 8.03. The maximum Gasteiger partial charge on any atom is 0.320 e. The lowest BCUT2D eigenvalue weighted by molar-refractivity contribution is 0.0715. The van der Waals surface area contributed by atoms with E-state index >= 15 is 0 Å². The van der Waals surface area contributed by atoms with E-state index in [1.54, 1.807) is 24.3 Å². The quantitative estimate of drug-likeness (QED) is 0.610. The number of hydrogen-bond donors (Lipinski definition) is 0. The lowest BCUT2D eigenvalue weighted by Crippen LogP contribution is -2.06. The minimum atomic E-state index is -2.62. The lowest BCUT2D eigenvalue weighted by Gasteiger charge is -2.12. The van der Waals surface area contributed by atoms with E-state index in [-0.39, 0.29) is 5.25 Å². The van der Waals surface area contributed by atoms with Crippen LogP contribution in [-0.2, 0) is 0 Å². The van der Waals surface area contributed by atoms with Gasteiger partial charge in [-0.3, -0.25) is 4.57 Å². The van der Waals surface area contributed by atoms with Crippen LogP contribution in [0.5, 0.6) is 0 Å². The van der Waals surface area contributed by atoms with E-state index in [1.165, 1.54) is 34.9 Å². The molecule has 0 aliphatic heterocycles. The molecule has 22 heavy (non-hydrogen) atoms. The molecule has 0 saturated carbocycles. The number of para-hydroxylation sites is 2. The number of nitrogens with zero attached hydrogens (tertiary/aromatic N) is 4. The van der Waals surface area contributed by atoms with E-state index in [4.69, 9.17) is 0 Å². The van der Waals surface area contributed by atoms with Gasteiger partial charge < -0.3 is 0 Å². The SMILES string of the molecule is CSc1nnc(S[C@H](C)c2nc3ccccc3n2C(F)F)s1. The summed E-state index contributed by atoms with van der Waals surface area (Å²) in [5.74, 6) is 0.349. The Labute approximate surface area is 138 Å². The molecule has 2 heterocycles. The van der Waals surface area contributed by atoms with Gasteiger partial charge in [0.1, 0.15) is 5.82 Å². The van der Waals surface area contributed by atoms with E-state index in [1.807, 2.05) is 13.2 Å². The van der Waals surface area contributed by atoms with E-state index < -0.39 is 6.55 Å². The molecule has 0 saturated heterocycles. The zero-order valence-corrected chi connectivity index (χ0v) is 14.2. The smallest absolute Gasteiger partial charge is 0.269 e. The molecule has 1 atom stereocenters. The van der Waals surface area contributed by atoms with Crippen LogP contribution in [0.15, 0.2) is 32.9 Å². The standard InChI is InChI=1S/C13H12F2N4S3/c1-7(21-13-18-17-12(20-2)22-13)10-16-8-5-3-4-6-9(8)19(10)11(14)15/h3-7,11H,1-2H3/t7-/m1/s1. The second kappa shape index (κ2) is 6.51. The van der Waals surface area contributed by atoms with E-state index in [0.29, 0.717) is 16.9 Å². The Morgan fingerprint density at radius 1 is 1.18 bits per heavy atom. The average Bonchev–Trinajstić information content (AvgIpc) is 3.10. The Hall–Kier alpha value is -1.19. The summed E-state index contributed by atoms with van der Waals surface area (Å²) in [6, 6.07) is 6.93. The molecule has 1 aromatic carbocycles. The number of benzene rings is 1. The fourth-order valence-electron chi connectivity index (χ4n) is 2.09. The topological polar surface area (TPSA) is 43.6 Å². The number of halogens is 2. The molecule has 116 valence electrons. The highest BCUT2D eigenvalue weighted by Gasteiger charge is 2.23. The lowest BCUT2D eigenvalue weighted by atomic mass is 10.3. The second-order valence-electron chi connectivity index (χ2n) is 4.40. The van der Waals surface area contributed by atoms with Crippen molar-refractivity contribution in [3.8, 4) is 0 Å². The van der Waals surface area contributed by atoms with Gasteiger partial charge in [0.05, 0.1) is 16.3 Å². The summed E-state index contributed by atoms with van der Waals surface area (Å²) in [4.78, 5) is 4.37. The maximum absolute atomic E-state index is 13.4. The van der Waals surface area contributed by atoms with Gasteiger partial charge in [0.15, 0.2) is 8.68 Å². The van der Waals surface area contributed by atoms with Crippen molar-refractivity contribution in [1.29, 1.82) is 0 Å². The largest absolute Gasteiger partial charge is 0.320 e. The molecule has 4 nitrogen and oxygen atoms in total. The summed E-state index contributed by atoms with van der Waals surface area (Å²) < 4.78 is 29.5. The van der Waals surface area contributed by atoms with Crippen LogP contribution < -0.4 is 0 Å². The third-order valence-electron chi connectivity index (χ3n) is 3.02. The molecule has 0 N–H and O–H groups in total. The molecule has 2 aromatic heterocycles. The van der Waals surface area contributed by atoms with Gasteiger partial charge in [-0.05, 0) is 25.3 Å². The molecule has 0 aliphatic rings. The van der Waals surface area contributed by atoms with E-state index in [9.17, 15) is 8.78 Å². The van der Waals surface area contributed by atoms with Crippen molar-refractivity contribution in [2.45, 2.75) is 27.4 Å². The summed E-state index contributed by atoms with van der Waals surface area (Å²) in [5, 5.41) is 7.84. The normalized spacial score (nSPS) is 13.1. The third-order valence-corrected chi connectivity index (χ3v) is 6.10. The van der Waals surface area contributed by atoms with E-state index in [0.717, 1.165) is 13.2 Å². The number of hydrogen-bond acceptors (Lipinski definition) is 6. The number of aromatic nitrogens is 4. The minimum absolute atomic E-state index is 0.246. The van der Waals surface area contributed by atoms with Crippen molar-refractivity contribution in [3.05, 3.63) is 30.1 Å². The van der Waals surface area contributed by atoms with E-state index in [2.05, 4.69) is 15.2 Å². The zero-order valence-electron chi connectivity index (χ0n) is 11.7. The summed E-state index contributed by atoms with van der Waals surface area (Å²) in [6.07, 6.45) is 1.93. The van der Waals surface area contributed by atoms with Crippen LogP contribution >= 0.6 is 34.9 Å². The van der Waals surface area contributed by atoms with Gasteiger partial charge in [0.25, 0.3) is 0 Å². The summed E-state index contributed by atoms with van der Waals surface area (Å²) in [5.41, 5.74) is 1.02. The van der Waals surface area contributed by atoms with Crippen molar-refractivity contribution in [3.63, 3.8) is 0 Å². The Morgan fingerprint density at radius 3 is 2.59 bits per heavy atom. The van der Waals surface area contributed by atoms with Crippen LogP contribution in [0.2, 0.25) is 0 Å². The fraction of sp³-hybridized carbons (Fsp3) is 0.308. The predicted octanol–water partition coefficient (Wildman–Crippen LogP) is 4.86. The molecule has 0 spiro atoms. The molecule has 0 fully saturated rings. The van der Waals surface area contributed by atoms with Crippen molar-refractivity contribution in [2.75, 3.05) is 6.26 Å². The first-order valence-corrected chi connectivity index (χ1v) is 9.31. The van der Waals surface area contributed by atoms with Crippen LogP contribution in [0.3, 0.4) is 0 Å². The molecule has 3 rings (SSSR count). The Kier molecular flexibility index (Phi) is 4.65.